The van der Waals surface area contributed by atoms with Crippen molar-refractivity contribution in [2.24, 2.45) is 10.9 Å². The first-order valence-corrected chi connectivity index (χ1v) is 12.3. The molecule has 1 atom stereocenters. The van der Waals surface area contributed by atoms with Crippen LogP contribution in [-0.4, -0.2) is 87.9 Å². The van der Waals surface area contributed by atoms with Crippen molar-refractivity contribution in [2.45, 2.75) is 41.2 Å². The molecular formula is C25H46IN5O2. The quantitative estimate of drug-likeness (QED) is 0.163. The highest BCUT2D eigenvalue weighted by Gasteiger charge is 2.17. The smallest absolute Gasteiger partial charge is 0.191 e. The van der Waals surface area contributed by atoms with Gasteiger partial charge in [0.15, 0.2) is 5.96 Å². The third kappa shape index (κ3) is 11.7. The Morgan fingerprint density at radius 2 is 1.79 bits per heavy atom. The van der Waals surface area contributed by atoms with Gasteiger partial charge in [0.05, 0.1) is 13.2 Å². The van der Waals surface area contributed by atoms with Crippen molar-refractivity contribution in [2.75, 3.05) is 72.2 Å². The zero-order valence-electron chi connectivity index (χ0n) is 21.4. The van der Waals surface area contributed by atoms with E-state index in [-0.39, 0.29) is 24.0 Å². The Bertz CT molecular complexity index is 681. The Morgan fingerprint density at radius 1 is 1.06 bits per heavy atom. The van der Waals surface area contributed by atoms with Crippen molar-refractivity contribution in [3.05, 3.63) is 29.3 Å². The summed E-state index contributed by atoms with van der Waals surface area (Å²) in [5.41, 5.74) is 2.27. The third-order valence-corrected chi connectivity index (χ3v) is 5.76. The van der Waals surface area contributed by atoms with Gasteiger partial charge in [-0.2, -0.15) is 0 Å². The largest absolute Gasteiger partial charge is 0.491 e. The SMILES string of the molecule is CCNC(=NCc1ccc(C)cc1OCCOCC)NCC(C)CN1CCN(CC)CC1.I. The number of nitrogens with one attached hydrogen (secondary N) is 2. The topological polar surface area (TPSA) is 61.4 Å². The fraction of sp³-hybridized carbons (Fsp3) is 0.720. The number of guanidine groups is 1. The van der Waals surface area contributed by atoms with E-state index in [4.69, 9.17) is 14.5 Å². The predicted octanol–water partition coefficient (Wildman–Crippen LogP) is 3.36. The molecule has 1 aliphatic rings. The van der Waals surface area contributed by atoms with Gasteiger partial charge in [0.2, 0.25) is 0 Å². The highest BCUT2D eigenvalue weighted by atomic mass is 127. The number of halogens is 1. The Hall–Kier alpha value is -1.10. The standard InChI is InChI=1S/C25H45N5O2.HI/c1-6-26-25(27-18-22(5)20-30-13-11-29(7-2)12-14-30)28-19-23-10-9-21(4)17-24(23)32-16-15-31-8-3;/h9-10,17,22H,6-8,11-16,18-20H2,1-5H3,(H2,26,27,28);1H. The summed E-state index contributed by atoms with van der Waals surface area (Å²) in [5, 5.41) is 6.91. The summed E-state index contributed by atoms with van der Waals surface area (Å²) in [5.74, 6) is 2.31. The Morgan fingerprint density at radius 3 is 2.45 bits per heavy atom. The summed E-state index contributed by atoms with van der Waals surface area (Å²) in [6.45, 7) is 21.9. The van der Waals surface area contributed by atoms with Crippen LogP contribution in [0.5, 0.6) is 5.75 Å². The second-order valence-corrected chi connectivity index (χ2v) is 8.57. The maximum Gasteiger partial charge on any atom is 0.191 e. The van der Waals surface area contributed by atoms with Crippen LogP contribution in [0.2, 0.25) is 0 Å². The van der Waals surface area contributed by atoms with Crippen LogP contribution in [0.3, 0.4) is 0 Å². The van der Waals surface area contributed by atoms with E-state index in [0.29, 0.717) is 32.3 Å². The maximum absolute atomic E-state index is 5.97. The van der Waals surface area contributed by atoms with Crippen LogP contribution >= 0.6 is 24.0 Å². The van der Waals surface area contributed by atoms with Crippen LogP contribution in [0.1, 0.15) is 38.8 Å². The molecule has 2 rings (SSSR count). The molecule has 1 unspecified atom stereocenters. The fourth-order valence-electron chi connectivity index (χ4n) is 3.85. The van der Waals surface area contributed by atoms with Crippen LogP contribution in [0.4, 0.5) is 0 Å². The number of benzene rings is 1. The number of piperazine rings is 1. The summed E-state index contributed by atoms with van der Waals surface area (Å²) >= 11 is 0. The molecular weight excluding hydrogens is 529 g/mol. The zero-order chi connectivity index (χ0) is 23.2. The number of ether oxygens (including phenoxy) is 2. The zero-order valence-corrected chi connectivity index (χ0v) is 23.7. The molecule has 8 heteroatoms. The number of hydrogen-bond acceptors (Lipinski definition) is 5. The summed E-state index contributed by atoms with van der Waals surface area (Å²) in [7, 11) is 0. The fourth-order valence-corrected chi connectivity index (χ4v) is 3.85. The molecule has 0 radical (unpaired) electrons. The molecule has 1 fully saturated rings. The minimum atomic E-state index is 0. The molecule has 1 aromatic carbocycles. The van der Waals surface area contributed by atoms with E-state index < -0.39 is 0 Å². The molecule has 0 aromatic heterocycles. The highest BCUT2D eigenvalue weighted by Crippen LogP contribution is 2.21. The minimum Gasteiger partial charge on any atom is -0.491 e. The number of hydrogen-bond donors (Lipinski definition) is 2. The van der Waals surface area contributed by atoms with E-state index in [0.717, 1.165) is 43.5 Å². The van der Waals surface area contributed by atoms with Gasteiger partial charge in [-0.25, -0.2) is 4.99 Å². The molecule has 0 bridgehead atoms. The van der Waals surface area contributed by atoms with E-state index in [1.54, 1.807) is 0 Å². The molecule has 1 saturated heterocycles. The summed E-state index contributed by atoms with van der Waals surface area (Å²) in [4.78, 5) is 9.93. The number of rotatable bonds is 13. The van der Waals surface area contributed by atoms with Gasteiger partial charge in [0.25, 0.3) is 0 Å². The number of likely N-dealkylation sites (N-methyl/N-ethyl adjacent to an activating group) is 1. The van der Waals surface area contributed by atoms with Gasteiger partial charge in [-0.3, -0.25) is 0 Å². The lowest BCUT2D eigenvalue weighted by Gasteiger charge is -2.35. The van der Waals surface area contributed by atoms with E-state index in [9.17, 15) is 0 Å². The van der Waals surface area contributed by atoms with Crippen LogP contribution in [0.15, 0.2) is 23.2 Å². The Labute approximate surface area is 218 Å². The van der Waals surface area contributed by atoms with Crippen LogP contribution in [-0.2, 0) is 11.3 Å². The minimum absolute atomic E-state index is 0. The first-order valence-electron chi connectivity index (χ1n) is 12.3. The molecule has 2 N–H and O–H groups in total. The average Bonchev–Trinajstić information content (AvgIpc) is 2.80. The lowest BCUT2D eigenvalue weighted by Crippen LogP contribution is -2.48. The molecule has 1 heterocycles. The Balaban J connectivity index is 0.00000544. The monoisotopic (exact) mass is 575 g/mol. The van der Waals surface area contributed by atoms with Crippen molar-refractivity contribution in [3.8, 4) is 5.75 Å². The second kappa shape index (κ2) is 17.4. The van der Waals surface area contributed by atoms with Gasteiger partial charge in [0.1, 0.15) is 12.4 Å². The highest BCUT2D eigenvalue weighted by molar-refractivity contribution is 14.0. The van der Waals surface area contributed by atoms with Crippen molar-refractivity contribution in [1.29, 1.82) is 0 Å². The maximum atomic E-state index is 5.97. The summed E-state index contributed by atoms with van der Waals surface area (Å²) < 4.78 is 11.4. The predicted molar refractivity (Wildman–Crippen MR) is 149 cm³/mol. The second-order valence-electron chi connectivity index (χ2n) is 8.57. The Kier molecular flexibility index (Phi) is 15.7. The van der Waals surface area contributed by atoms with Crippen LogP contribution < -0.4 is 15.4 Å². The van der Waals surface area contributed by atoms with Gasteiger partial charge in [-0.05, 0) is 44.9 Å². The molecule has 33 heavy (non-hydrogen) atoms. The van der Waals surface area contributed by atoms with E-state index in [1.165, 1.54) is 31.7 Å². The molecule has 7 nitrogen and oxygen atoms in total. The van der Waals surface area contributed by atoms with E-state index in [2.05, 4.69) is 66.3 Å². The molecule has 0 saturated carbocycles. The molecule has 0 spiro atoms. The first-order chi connectivity index (χ1) is 15.5. The summed E-state index contributed by atoms with van der Waals surface area (Å²) in [6, 6.07) is 6.30. The lowest BCUT2D eigenvalue weighted by molar-refractivity contribution is 0.110. The van der Waals surface area contributed by atoms with Gasteiger partial charge >= 0.3 is 0 Å². The first kappa shape index (κ1) is 29.9. The van der Waals surface area contributed by atoms with Gasteiger partial charge in [0, 0.05) is 58.0 Å². The van der Waals surface area contributed by atoms with Gasteiger partial charge < -0.3 is 29.9 Å². The van der Waals surface area contributed by atoms with E-state index in [1.807, 2.05) is 6.92 Å². The molecule has 190 valence electrons. The van der Waals surface area contributed by atoms with Crippen molar-refractivity contribution < 1.29 is 9.47 Å². The molecule has 1 aromatic rings. The molecule has 0 aliphatic carbocycles. The third-order valence-electron chi connectivity index (χ3n) is 5.76. The van der Waals surface area contributed by atoms with Gasteiger partial charge in [-0.15, -0.1) is 24.0 Å². The number of nitrogens with zero attached hydrogens (tertiary/aromatic N) is 3. The van der Waals surface area contributed by atoms with Crippen molar-refractivity contribution in [1.82, 2.24) is 20.4 Å². The van der Waals surface area contributed by atoms with Crippen LogP contribution in [0, 0.1) is 12.8 Å². The normalized spacial score (nSPS) is 16.2. The van der Waals surface area contributed by atoms with Crippen molar-refractivity contribution in [3.63, 3.8) is 0 Å². The van der Waals surface area contributed by atoms with E-state index >= 15 is 0 Å². The lowest BCUT2D eigenvalue weighted by atomic mass is 10.1. The molecule has 1 aliphatic heterocycles. The summed E-state index contributed by atoms with van der Waals surface area (Å²) in [6.07, 6.45) is 0. The number of aliphatic imine (C=N–C) groups is 1. The molecule has 0 amide bonds. The number of aryl methyl sites for hydroxylation is 1. The average molecular weight is 576 g/mol. The van der Waals surface area contributed by atoms with Crippen LogP contribution in [0.25, 0.3) is 0 Å². The van der Waals surface area contributed by atoms with Crippen molar-refractivity contribution >= 4 is 29.9 Å². The van der Waals surface area contributed by atoms with Gasteiger partial charge in [-0.1, -0.05) is 26.0 Å².